The first-order valence-corrected chi connectivity index (χ1v) is 5.14. The van der Waals surface area contributed by atoms with E-state index in [1.807, 2.05) is 0 Å². The minimum Gasteiger partial charge on any atom is -0.486 e. The van der Waals surface area contributed by atoms with E-state index in [0.29, 0.717) is 41.4 Å². The Morgan fingerprint density at radius 2 is 2.18 bits per heavy atom. The van der Waals surface area contributed by atoms with E-state index >= 15 is 0 Å². The van der Waals surface area contributed by atoms with Gasteiger partial charge in [-0.05, 0) is 12.1 Å². The smallest absolute Gasteiger partial charge is 0.309 e. The lowest BCUT2D eigenvalue weighted by Crippen LogP contribution is -2.15. The molecule has 0 aliphatic carbocycles. The Bertz CT molecular complexity index is 589. The average molecular weight is 235 g/mol. The Labute approximate surface area is 95.7 Å². The molecule has 1 aromatic carbocycles. The zero-order valence-corrected chi connectivity index (χ0v) is 8.80. The number of carboxylic acids is 1. The van der Waals surface area contributed by atoms with Gasteiger partial charge in [-0.1, -0.05) is 5.16 Å². The first kappa shape index (κ1) is 9.95. The van der Waals surface area contributed by atoms with E-state index in [0.717, 1.165) is 0 Å². The van der Waals surface area contributed by atoms with Crippen molar-refractivity contribution in [2.45, 2.75) is 6.42 Å². The van der Waals surface area contributed by atoms with Crippen LogP contribution in [0, 0.1) is 0 Å². The molecule has 0 bridgehead atoms. The molecule has 0 saturated heterocycles. The highest BCUT2D eigenvalue weighted by molar-refractivity contribution is 5.89. The van der Waals surface area contributed by atoms with Crippen molar-refractivity contribution in [2.75, 3.05) is 13.2 Å². The molecule has 1 aliphatic heterocycles. The van der Waals surface area contributed by atoms with Crippen molar-refractivity contribution in [1.82, 2.24) is 5.16 Å². The first-order valence-electron chi connectivity index (χ1n) is 5.14. The van der Waals surface area contributed by atoms with E-state index in [2.05, 4.69) is 5.16 Å². The fraction of sp³-hybridized carbons (Fsp3) is 0.273. The van der Waals surface area contributed by atoms with Crippen molar-refractivity contribution in [3.63, 3.8) is 0 Å². The van der Waals surface area contributed by atoms with Gasteiger partial charge in [0, 0.05) is 5.39 Å². The first-order chi connectivity index (χ1) is 8.25. The van der Waals surface area contributed by atoms with E-state index in [9.17, 15) is 4.79 Å². The van der Waals surface area contributed by atoms with Gasteiger partial charge in [0.2, 0.25) is 11.3 Å². The Kier molecular flexibility index (Phi) is 2.14. The number of carbonyl (C=O) groups is 1. The summed E-state index contributed by atoms with van der Waals surface area (Å²) in [5, 5.41) is 13.1. The molecular weight excluding hydrogens is 226 g/mol. The van der Waals surface area contributed by atoms with E-state index in [1.54, 1.807) is 12.1 Å². The van der Waals surface area contributed by atoms with Crippen molar-refractivity contribution in [2.24, 2.45) is 0 Å². The quantitative estimate of drug-likeness (QED) is 0.842. The summed E-state index contributed by atoms with van der Waals surface area (Å²) in [6.07, 6.45) is -0.174. The van der Waals surface area contributed by atoms with Crippen molar-refractivity contribution in [3.8, 4) is 11.5 Å². The van der Waals surface area contributed by atoms with Gasteiger partial charge in [-0.15, -0.1) is 0 Å². The summed E-state index contributed by atoms with van der Waals surface area (Å²) in [5.74, 6) is 0.148. The average Bonchev–Trinajstić information content (AvgIpc) is 2.72. The summed E-state index contributed by atoms with van der Waals surface area (Å²) < 4.78 is 16.0. The second-order valence-corrected chi connectivity index (χ2v) is 3.67. The van der Waals surface area contributed by atoms with Crippen LogP contribution < -0.4 is 9.47 Å². The third kappa shape index (κ3) is 1.57. The van der Waals surface area contributed by atoms with E-state index in [1.165, 1.54) is 0 Å². The number of ether oxygens (including phenoxy) is 2. The molecule has 0 unspecified atom stereocenters. The molecule has 1 aliphatic rings. The number of benzene rings is 1. The summed E-state index contributed by atoms with van der Waals surface area (Å²) in [5.41, 5.74) is 0.836. The van der Waals surface area contributed by atoms with Gasteiger partial charge in [0.05, 0.1) is 6.42 Å². The number of hydrogen-bond acceptors (Lipinski definition) is 5. The largest absolute Gasteiger partial charge is 0.486 e. The molecule has 0 saturated carbocycles. The maximum absolute atomic E-state index is 10.7. The maximum atomic E-state index is 10.7. The molecule has 0 spiro atoms. The van der Waals surface area contributed by atoms with E-state index in [4.69, 9.17) is 19.1 Å². The summed E-state index contributed by atoms with van der Waals surface area (Å²) >= 11 is 0. The Morgan fingerprint density at radius 3 is 3.00 bits per heavy atom. The van der Waals surface area contributed by atoms with Crippen LogP contribution in [-0.2, 0) is 11.2 Å². The molecule has 3 rings (SSSR count). The molecule has 0 amide bonds. The van der Waals surface area contributed by atoms with E-state index in [-0.39, 0.29) is 6.42 Å². The Balaban J connectivity index is 2.15. The topological polar surface area (TPSA) is 81.8 Å². The molecular formula is C11H9NO5. The predicted molar refractivity (Wildman–Crippen MR) is 56.3 cm³/mol. The second-order valence-electron chi connectivity index (χ2n) is 3.67. The van der Waals surface area contributed by atoms with Crippen LogP contribution in [0.15, 0.2) is 16.7 Å². The molecule has 0 radical (unpaired) electrons. The van der Waals surface area contributed by atoms with Crippen LogP contribution in [-0.4, -0.2) is 29.4 Å². The molecule has 0 fully saturated rings. The number of nitrogens with zero attached hydrogens (tertiary/aromatic N) is 1. The number of aromatic nitrogens is 1. The minimum absolute atomic E-state index is 0.174. The Hall–Kier alpha value is -2.24. The zero-order chi connectivity index (χ0) is 11.8. The fourth-order valence-electron chi connectivity index (χ4n) is 1.83. The third-order valence-corrected chi connectivity index (χ3v) is 2.54. The molecule has 1 N–H and O–H groups in total. The fourth-order valence-corrected chi connectivity index (χ4v) is 1.83. The van der Waals surface area contributed by atoms with Gasteiger partial charge in [-0.2, -0.15) is 0 Å². The van der Waals surface area contributed by atoms with Crippen LogP contribution in [0.2, 0.25) is 0 Å². The summed E-state index contributed by atoms with van der Waals surface area (Å²) in [4.78, 5) is 10.7. The third-order valence-electron chi connectivity index (χ3n) is 2.54. The molecule has 2 heterocycles. The van der Waals surface area contributed by atoms with Gasteiger partial charge in [0.1, 0.15) is 18.9 Å². The molecule has 88 valence electrons. The van der Waals surface area contributed by atoms with E-state index < -0.39 is 5.97 Å². The van der Waals surface area contributed by atoms with Crippen LogP contribution in [0.4, 0.5) is 0 Å². The van der Waals surface area contributed by atoms with Gasteiger partial charge in [0.25, 0.3) is 0 Å². The molecule has 17 heavy (non-hydrogen) atoms. The highest BCUT2D eigenvalue weighted by atomic mass is 16.6. The zero-order valence-electron chi connectivity index (χ0n) is 8.80. The van der Waals surface area contributed by atoms with Crippen LogP contribution in [0.3, 0.4) is 0 Å². The van der Waals surface area contributed by atoms with Crippen LogP contribution in [0.25, 0.3) is 11.0 Å². The highest BCUT2D eigenvalue weighted by Gasteiger charge is 2.21. The van der Waals surface area contributed by atoms with Crippen molar-refractivity contribution >= 4 is 16.9 Å². The lowest BCUT2D eigenvalue weighted by molar-refractivity contribution is -0.136. The summed E-state index contributed by atoms with van der Waals surface area (Å²) in [6.45, 7) is 0.940. The SMILES string of the molecule is O=C(O)Cc1noc2c3c(ccc12)OCCO3. The summed E-state index contributed by atoms with van der Waals surface area (Å²) in [7, 11) is 0. The second kappa shape index (κ2) is 3.65. The normalized spacial score (nSPS) is 13.9. The lowest BCUT2D eigenvalue weighted by Gasteiger charge is -2.17. The molecule has 0 atom stereocenters. The number of aliphatic carboxylic acids is 1. The van der Waals surface area contributed by atoms with Gasteiger partial charge in [-0.3, -0.25) is 4.79 Å². The molecule has 6 heteroatoms. The molecule has 1 aromatic heterocycles. The predicted octanol–water partition coefficient (Wildman–Crippen LogP) is 1.23. The van der Waals surface area contributed by atoms with Crippen LogP contribution in [0.1, 0.15) is 5.69 Å². The van der Waals surface area contributed by atoms with Crippen LogP contribution in [0.5, 0.6) is 11.5 Å². The van der Waals surface area contributed by atoms with Gasteiger partial charge in [-0.25, -0.2) is 0 Å². The molecule has 6 nitrogen and oxygen atoms in total. The van der Waals surface area contributed by atoms with Gasteiger partial charge in [0.15, 0.2) is 5.75 Å². The van der Waals surface area contributed by atoms with Crippen LogP contribution >= 0.6 is 0 Å². The highest BCUT2D eigenvalue weighted by Crippen LogP contribution is 2.38. The molecule has 2 aromatic rings. The minimum atomic E-state index is -0.949. The van der Waals surface area contributed by atoms with Crippen molar-refractivity contribution in [1.29, 1.82) is 0 Å². The number of rotatable bonds is 2. The number of hydrogen-bond donors (Lipinski definition) is 1. The maximum Gasteiger partial charge on any atom is 0.309 e. The Morgan fingerprint density at radius 1 is 1.35 bits per heavy atom. The number of carboxylic acid groups (broad SMARTS) is 1. The summed E-state index contributed by atoms with van der Waals surface area (Å²) in [6, 6.07) is 3.47. The number of fused-ring (bicyclic) bond motifs is 3. The van der Waals surface area contributed by atoms with Crippen molar-refractivity contribution in [3.05, 3.63) is 17.8 Å². The van der Waals surface area contributed by atoms with Crippen molar-refractivity contribution < 1.29 is 23.9 Å². The standard InChI is InChI=1S/C11H9NO5/c13-9(14)5-7-6-1-2-8-11(10(6)17-12-7)16-4-3-15-8/h1-2H,3-5H2,(H,13,14). The van der Waals surface area contributed by atoms with Gasteiger partial charge < -0.3 is 19.1 Å². The lowest BCUT2D eigenvalue weighted by atomic mass is 10.1. The van der Waals surface area contributed by atoms with Gasteiger partial charge >= 0.3 is 5.97 Å². The monoisotopic (exact) mass is 235 g/mol.